The Hall–Kier alpha value is -2.15. The number of nitrogens with one attached hydrogen (secondary N) is 2. The molecule has 1 atom stereocenters. The molecule has 0 spiro atoms. The Labute approximate surface area is 172 Å². The molecule has 3 aromatic rings. The van der Waals surface area contributed by atoms with Gasteiger partial charge in [-0.3, -0.25) is 4.79 Å². The molecule has 2 aliphatic rings. The zero-order chi connectivity index (χ0) is 19.1. The van der Waals surface area contributed by atoms with Crippen molar-refractivity contribution in [2.24, 2.45) is 0 Å². The summed E-state index contributed by atoms with van der Waals surface area (Å²) < 4.78 is 6.00. The molecular weight excluding hydrogens is 392 g/mol. The second-order valence-electron chi connectivity index (χ2n) is 7.42. The van der Waals surface area contributed by atoms with Crippen molar-refractivity contribution in [2.45, 2.75) is 25.3 Å². The van der Waals surface area contributed by atoms with Crippen LogP contribution in [0.15, 0.2) is 36.4 Å². The van der Waals surface area contributed by atoms with Crippen molar-refractivity contribution >= 4 is 50.6 Å². The van der Waals surface area contributed by atoms with Gasteiger partial charge in [-0.15, -0.1) is 0 Å². The van der Waals surface area contributed by atoms with E-state index in [2.05, 4.69) is 45.9 Å². The molecule has 1 fully saturated rings. The van der Waals surface area contributed by atoms with E-state index in [4.69, 9.17) is 16.0 Å². The van der Waals surface area contributed by atoms with Crippen LogP contribution in [0.4, 0.5) is 11.5 Å². The van der Waals surface area contributed by atoms with Gasteiger partial charge in [-0.25, -0.2) is 0 Å². The molecule has 0 radical (unpaired) electrons. The molecule has 144 valence electrons. The highest BCUT2D eigenvalue weighted by molar-refractivity contribution is 7.13. The number of rotatable bonds is 4. The minimum absolute atomic E-state index is 0.0429. The second-order valence-corrected chi connectivity index (χ2v) is 8.63. The number of hydrogen-bond donors (Lipinski definition) is 2. The van der Waals surface area contributed by atoms with Crippen LogP contribution in [0.25, 0.3) is 10.1 Å². The number of amides is 1. The molecule has 1 amide bonds. The van der Waals surface area contributed by atoms with Crippen molar-refractivity contribution in [1.29, 1.82) is 0 Å². The number of hydrogen-bond acceptors (Lipinski definition) is 5. The van der Waals surface area contributed by atoms with Gasteiger partial charge in [0, 0.05) is 41.8 Å². The van der Waals surface area contributed by atoms with Gasteiger partial charge in [-0.05, 0) is 53.7 Å². The molecule has 5 rings (SSSR count). The lowest BCUT2D eigenvalue weighted by Gasteiger charge is -2.37. The predicted molar refractivity (Wildman–Crippen MR) is 116 cm³/mol. The van der Waals surface area contributed by atoms with E-state index in [1.807, 2.05) is 6.07 Å². The van der Waals surface area contributed by atoms with Crippen molar-refractivity contribution in [1.82, 2.24) is 9.69 Å². The Balaban J connectivity index is 1.37. The van der Waals surface area contributed by atoms with Gasteiger partial charge in [0.15, 0.2) is 5.82 Å². The summed E-state index contributed by atoms with van der Waals surface area (Å²) >= 11 is 8.06. The first-order chi connectivity index (χ1) is 13.7. The van der Waals surface area contributed by atoms with Crippen LogP contribution in [-0.4, -0.2) is 36.0 Å². The molecule has 1 saturated heterocycles. The molecule has 1 aromatic heterocycles. The third-order valence-electron chi connectivity index (χ3n) is 5.62. The fraction of sp³-hybridized carbons (Fsp3) is 0.333. The van der Waals surface area contributed by atoms with E-state index in [9.17, 15) is 4.79 Å². The summed E-state index contributed by atoms with van der Waals surface area (Å²) in [4.78, 5) is 14.1. The highest BCUT2D eigenvalue weighted by atomic mass is 35.5. The third-order valence-corrected chi connectivity index (χ3v) is 6.79. The lowest BCUT2D eigenvalue weighted by atomic mass is 9.99. The monoisotopic (exact) mass is 412 g/mol. The maximum atomic E-state index is 11.6. The number of halogens is 1. The van der Waals surface area contributed by atoms with E-state index >= 15 is 0 Å². The third kappa shape index (κ3) is 3.26. The Morgan fingerprint density at radius 3 is 3.11 bits per heavy atom. The normalized spacial score (nSPS) is 19.1. The van der Waals surface area contributed by atoms with Crippen LogP contribution >= 0.6 is 23.1 Å². The molecule has 2 aromatic carbocycles. The highest BCUT2D eigenvalue weighted by Gasteiger charge is 2.26. The van der Waals surface area contributed by atoms with E-state index in [0.29, 0.717) is 12.5 Å². The van der Waals surface area contributed by atoms with Gasteiger partial charge in [0.25, 0.3) is 0 Å². The SMILES string of the molecule is O=C1Cc2cc(CCC3CNCCN3c3nsc4ccccc34)c(Cl)cc2N1. The molecule has 3 heterocycles. The average molecular weight is 413 g/mol. The van der Waals surface area contributed by atoms with Crippen molar-refractivity contribution in [2.75, 3.05) is 29.9 Å². The van der Waals surface area contributed by atoms with Gasteiger partial charge in [0.05, 0.1) is 11.1 Å². The predicted octanol–water partition coefficient (Wildman–Crippen LogP) is 3.86. The molecule has 7 heteroatoms. The number of carbonyl (C=O) groups is 1. The van der Waals surface area contributed by atoms with Crippen LogP contribution in [-0.2, 0) is 17.6 Å². The van der Waals surface area contributed by atoms with E-state index in [1.54, 1.807) is 11.5 Å². The van der Waals surface area contributed by atoms with E-state index < -0.39 is 0 Å². The Kier molecular flexibility index (Phi) is 4.70. The Morgan fingerprint density at radius 2 is 2.18 bits per heavy atom. The largest absolute Gasteiger partial charge is 0.350 e. The van der Waals surface area contributed by atoms with Crippen molar-refractivity contribution in [3.8, 4) is 0 Å². The molecular formula is C21H21ClN4OS. The molecule has 2 N–H and O–H groups in total. The number of carbonyl (C=O) groups excluding carboxylic acids is 1. The number of benzene rings is 2. The number of piperazine rings is 1. The average Bonchev–Trinajstić information content (AvgIpc) is 3.28. The van der Waals surface area contributed by atoms with Crippen LogP contribution in [0.5, 0.6) is 0 Å². The van der Waals surface area contributed by atoms with Crippen molar-refractivity contribution in [3.05, 3.63) is 52.5 Å². The number of anilines is 2. The van der Waals surface area contributed by atoms with Gasteiger partial charge in [-0.1, -0.05) is 29.8 Å². The standard InChI is InChI=1S/C21H21ClN4OS/c22-17-11-18-14(10-20(27)24-18)9-13(17)5-6-15-12-23-7-8-26(15)21-16-3-1-2-4-19(16)28-25-21/h1-4,9,11,15,23H,5-8,10,12H2,(H,24,27). The molecule has 1 unspecified atom stereocenters. The molecule has 28 heavy (non-hydrogen) atoms. The topological polar surface area (TPSA) is 57.3 Å². The maximum Gasteiger partial charge on any atom is 0.228 e. The van der Waals surface area contributed by atoms with Gasteiger partial charge in [0.1, 0.15) is 0 Å². The van der Waals surface area contributed by atoms with E-state index in [0.717, 1.165) is 60.1 Å². The zero-order valence-electron chi connectivity index (χ0n) is 15.4. The lowest BCUT2D eigenvalue weighted by molar-refractivity contribution is -0.115. The Morgan fingerprint density at radius 1 is 1.29 bits per heavy atom. The summed E-state index contributed by atoms with van der Waals surface area (Å²) in [7, 11) is 0. The molecule has 2 aliphatic heterocycles. The Bertz CT molecular complexity index is 1050. The first-order valence-electron chi connectivity index (χ1n) is 9.62. The first-order valence-corrected chi connectivity index (χ1v) is 10.8. The summed E-state index contributed by atoms with van der Waals surface area (Å²) in [5.41, 5.74) is 3.02. The quantitative estimate of drug-likeness (QED) is 0.683. The lowest BCUT2D eigenvalue weighted by Crippen LogP contribution is -2.51. The summed E-state index contributed by atoms with van der Waals surface area (Å²) in [5.74, 6) is 1.14. The fourth-order valence-electron chi connectivity index (χ4n) is 4.19. The number of aromatic nitrogens is 1. The first kappa shape index (κ1) is 17.9. The number of nitrogens with zero attached hydrogens (tertiary/aromatic N) is 2. The van der Waals surface area contributed by atoms with Gasteiger partial charge < -0.3 is 15.5 Å². The smallest absolute Gasteiger partial charge is 0.228 e. The van der Waals surface area contributed by atoms with Crippen molar-refractivity contribution < 1.29 is 4.79 Å². The number of aryl methyl sites for hydroxylation is 1. The summed E-state index contributed by atoms with van der Waals surface area (Å²) in [6, 6.07) is 12.8. The van der Waals surface area contributed by atoms with E-state index in [1.165, 1.54) is 10.1 Å². The molecule has 0 aliphatic carbocycles. The minimum atomic E-state index is 0.0429. The second kappa shape index (κ2) is 7.35. The van der Waals surface area contributed by atoms with Gasteiger partial charge in [0.2, 0.25) is 5.91 Å². The summed E-state index contributed by atoms with van der Waals surface area (Å²) in [6.07, 6.45) is 2.31. The number of fused-ring (bicyclic) bond motifs is 2. The zero-order valence-corrected chi connectivity index (χ0v) is 16.9. The van der Waals surface area contributed by atoms with Crippen molar-refractivity contribution in [3.63, 3.8) is 0 Å². The van der Waals surface area contributed by atoms with Crippen LogP contribution in [0, 0.1) is 0 Å². The summed E-state index contributed by atoms with van der Waals surface area (Å²) in [5, 5.41) is 8.35. The fourth-order valence-corrected chi connectivity index (χ4v) is 5.23. The summed E-state index contributed by atoms with van der Waals surface area (Å²) in [6.45, 7) is 2.86. The van der Waals surface area contributed by atoms with Crippen LogP contribution in [0.3, 0.4) is 0 Å². The van der Waals surface area contributed by atoms with Crippen LogP contribution in [0.1, 0.15) is 17.5 Å². The minimum Gasteiger partial charge on any atom is -0.350 e. The highest BCUT2D eigenvalue weighted by Crippen LogP contribution is 2.33. The van der Waals surface area contributed by atoms with Gasteiger partial charge >= 0.3 is 0 Å². The van der Waals surface area contributed by atoms with Crippen LogP contribution < -0.4 is 15.5 Å². The molecule has 0 bridgehead atoms. The molecule has 5 nitrogen and oxygen atoms in total. The van der Waals surface area contributed by atoms with Crippen LogP contribution in [0.2, 0.25) is 5.02 Å². The van der Waals surface area contributed by atoms with E-state index in [-0.39, 0.29) is 5.91 Å². The maximum absolute atomic E-state index is 11.6. The van der Waals surface area contributed by atoms with Gasteiger partial charge in [-0.2, -0.15) is 4.37 Å². The molecule has 0 saturated carbocycles.